The number of fused-ring (bicyclic) bond motifs is 23. The molecule has 2 aliphatic carbocycles. The summed E-state index contributed by atoms with van der Waals surface area (Å²) in [7, 11) is 0. The van der Waals surface area contributed by atoms with Crippen molar-refractivity contribution in [1.29, 1.82) is 0 Å². The molecule has 0 atom stereocenters. The molecule has 0 N–H and O–H groups in total. The van der Waals surface area contributed by atoms with Gasteiger partial charge in [-0.1, -0.05) is 329 Å². The van der Waals surface area contributed by atoms with Crippen molar-refractivity contribution in [3.63, 3.8) is 0 Å². The molecule has 4 nitrogen and oxygen atoms in total. The van der Waals surface area contributed by atoms with Crippen LogP contribution >= 0.6 is 0 Å². The maximum atomic E-state index is 2.51. The van der Waals surface area contributed by atoms with Crippen LogP contribution in [-0.2, 0) is 32.5 Å². The van der Waals surface area contributed by atoms with Gasteiger partial charge in [-0.15, -0.1) is 0 Å². The molecule has 22 aromatic rings. The summed E-state index contributed by atoms with van der Waals surface area (Å²) >= 11 is 0. The first-order valence-corrected chi connectivity index (χ1v) is 45.8. The third-order valence-electron chi connectivity index (χ3n) is 29.0. The quantitative estimate of drug-likeness (QED) is 0.152. The Morgan fingerprint density at radius 2 is 0.445 bits per heavy atom. The molecule has 0 bridgehead atoms. The fourth-order valence-electron chi connectivity index (χ4n) is 21.8. The van der Waals surface area contributed by atoms with Gasteiger partial charge in [-0.3, -0.25) is 0 Å². The van der Waals surface area contributed by atoms with Gasteiger partial charge >= 0.3 is 0 Å². The first kappa shape index (κ1) is 78.6. The van der Waals surface area contributed by atoms with Crippen LogP contribution < -0.4 is 0 Å². The van der Waals surface area contributed by atoms with Gasteiger partial charge < -0.3 is 18.3 Å². The van der Waals surface area contributed by atoms with Crippen LogP contribution in [0.2, 0.25) is 0 Å². The van der Waals surface area contributed by atoms with E-state index in [2.05, 4.69) is 481 Å². The topological polar surface area (TPSA) is 19.7 Å². The Hall–Kier alpha value is -14.1. The number of hydrogen-bond donors (Lipinski definition) is 0. The van der Waals surface area contributed by atoms with E-state index in [1.807, 2.05) is 0 Å². The zero-order chi connectivity index (χ0) is 87.7. The second-order valence-corrected chi connectivity index (χ2v) is 41.8. The van der Waals surface area contributed by atoms with E-state index in [4.69, 9.17) is 0 Å². The Bertz CT molecular complexity index is 7800. The SMILES string of the molecule is CC(C)(C)c1ccc2c(c1)c1cc(C(C)(C)C)ccc1n2-c1ccc2c(c1)C(C)(C)c1cc(-c3ccc4c(c3)C(C)(C)c3cc(-n5c6ccc(C(C)(C)C)cc6c6cc(C(C)(C)C)ccc65)ccc3-4)ccc1-2.c1ccc(-c2ccc3c(c2)c2ccc4ccccc4c2n3-c2ccc3cc(-n4c5ccc(-c6ccccc6)cc5c5ccc6ccccc6c54)ccc3c2)cc1. The lowest BCUT2D eigenvalue weighted by Crippen LogP contribution is -2.16. The van der Waals surface area contributed by atoms with Crippen LogP contribution in [0, 0.1) is 0 Å². The van der Waals surface area contributed by atoms with Gasteiger partial charge in [-0.05, 0) is 277 Å². The number of hydrogen-bond acceptors (Lipinski definition) is 0. The van der Waals surface area contributed by atoms with Crippen LogP contribution in [0.15, 0.2) is 352 Å². The second-order valence-electron chi connectivity index (χ2n) is 41.8. The molecule has 0 amide bonds. The van der Waals surface area contributed by atoms with Crippen molar-refractivity contribution in [2.24, 2.45) is 0 Å². The van der Waals surface area contributed by atoms with E-state index in [-0.39, 0.29) is 32.5 Å². The average Bonchev–Trinajstić information content (AvgIpc) is 1.59. The van der Waals surface area contributed by atoms with Crippen molar-refractivity contribution in [1.82, 2.24) is 18.3 Å². The molecule has 4 heterocycles. The molecule has 4 aromatic heterocycles. The maximum absolute atomic E-state index is 2.51. The van der Waals surface area contributed by atoms with Gasteiger partial charge in [0.05, 0.1) is 44.1 Å². The second kappa shape index (κ2) is 28.2. The third kappa shape index (κ3) is 12.4. The predicted molar refractivity (Wildman–Crippen MR) is 549 cm³/mol. The van der Waals surface area contributed by atoms with Gasteiger partial charge in [0.2, 0.25) is 0 Å². The highest BCUT2D eigenvalue weighted by atomic mass is 15.0. The molecule has 2 aliphatic rings. The number of nitrogens with zero attached hydrogens (tertiary/aromatic N) is 4. The number of benzene rings is 18. The Morgan fingerprint density at radius 3 is 0.797 bits per heavy atom. The molecular formula is C124H106N4. The fraction of sp³-hybridized carbons (Fsp3) is 0.177. The van der Waals surface area contributed by atoms with Gasteiger partial charge in [0.25, 0.3) is 0 Å². The first-order chi connectivity index (χ1) is 61.5. The van der Waals surface area contributed by atoms with Crippen LogP contribution in [0.25, 0.3) is 198 Å². The van der Waals surface area contributed by atoms with Crippen LogP contribution in [0.5, 0.6) is 0 Å². The maximum Gasteiger partial charge on any atom is 0.0619 e. The minimum absolute atomic E-state index is 0.0571. The zero-order valence-electron chi connectivity index (χ0n) is 76.3. The van der Waals surface area contributed by atoms with Gasteiger partial charge in [0.15, 0.2) is 0 Å². The molecule has 0 aliphatic heterocycles. The van der Waals surface area contributed by atoms with Gasteiger partial charge in [0, 0.05) is 87.4 Å². The summed E-state index contributed by atoms with van der Waals surface area (Å²) in [6, 6.07) is 133. The normalized spacial score (nSPS) is 13.8. The molecule has 18 aromatic carbocycles. The van der Waals surface area contributed by atoms with E-state index in [9.17, 15) is 0 Å². The molecule has 0 saturated carbocycles. The third-order valence-corrected chi connectivity index (χ3v) is 29.0. The Balaban J connectivity index is 0.000000151. The summed E-state index contributed by atoms with van der Waals surface area (Å²) in [4.78, 5) is 0. The minimum Gasteiger partial charge on any atom is -0.309 e. The molecule has 0 fully saturated rings. The zero-order valence-corrected chi connectivity index (χ0v) is 76.3. The minimum atomic E-state index is -0.188. The van der Waals surface area contributed by atoms with Crippen LogP contribution in [0.3, 0.4) is 0 Å². The monoisotopic (exact) mass is 1650 g/mol. The van der Waals surface area contributed by atoms with Gasteiger partial charge in [-0.25, -0.2) is 0 Å². The molecule has 0 unspecified atom stereocenters. The summed E-state index contributed by atoms with van der Waals surface area (Å²) in [5.74, 6) is 0. The molecule has 0 radical (unpaired) electrons. The lowest BCUT2D eigenvalue weighted by atomic mass is 9.80. The Morgan fingerprint density at radius 1 is 0.180 bits per heavy atom. The van der Waals surface area contributed by atoms with Crippen LogP contribution in [0.4, 0.5) is 0 Å². The number of aromatic nitrogens is 4. The van der Waals surface area contributed by atoms with Gasteiger partial charge in [0.1, 0.15) is 0 Å². The van der Waals surface area contributed by atoms with E-state index < -0.39 is 0 Å². The van der Waals surface area contributed by atoms with Crippen molar-refractivity contribution in [3.05, 3.63) is 396 Å². The van der Waals surface area contributed by atoms with E-state index in [0.717, 1.165) is 11.4 Å². The highest BCUT2D eigenvalue weighted by Gasteiger charge is 2.39. The van der Waals surface area contributed by atoms with E-state index >= 15 is 0 Å². The molecule has 4 heteroatoms. The van der Waals surface area contributed by atoms with Crippen molar-refractivity contribution < 1.29 is 0 Å². The first-order valence-electron chi connectivity index (χ1n) is 45.8. The summed E-state index contributed by atoms with van der Waals surface area (Å²) in [5.41, 5.74) is 38.3. The summed E-state index contributed by atoms with van der Waals surface area (Å²) < 4.78 is 9.96. The predicted octanol–water partition coefficient (Wildman–Crippen LogP) is 34.0. The molecule has 622 valence electrons. The highest BCUT2D eigenvalue weighted by Crippen LogP contribution is 2.55. The summed E-state index contributed by atoms with van der Waals surface area (Å²) in [5, 5.41) is 17.8. The fourth-order valence-corrected chi connectivity index (χ4v) is 21.8. The molecule has 0 spiro atoms. The van der Waals surface area contributed by atoms with Gasteiger partial charge in [-0.2, -0.15) is 0 Å². The molecular weight excluding hydrogens is 1550 g/mol. The van der Waals surface area contributed by atoms with Crippen molar-refractivity contribution in [2.45, 2.75) is 143 Å². The summed E-state index contributed by atoms with van der Waals surface area (Å²) in [6.07, 6.45) is 0. The Labute approximate surface area is 750 Å². The van der Waals surface area contributed by atoms with E-state index in [1.165, 1.54) is 231 Å². The van der Waals surface area contributed by atoms with Crippen molar-refractivity contribution in [2.75, 3.05) is 0 Å². The van der Waals surface area contributed by atoms with Crippen molar-refractivity contribution >= 4 is 120 Å². The van der Waals surface area contributed by atoms with E-state index in [0.29, 0.717) is 0 Å². The lowest BCUT2D eigenvalue weighted by molar-refractivity contribution is 0.590. The van der Waals surface area contributed by atoms with Crippen LogP contribution in [0.1, 0.15) is 155 Å². The Kier molecular flexibility index (Phi) is 17.3. The standard InChI is InChI=1S/C70H72N2.C54H34N2/c1-65(2,3)43-19-29-61-53(35-43)54-36-44(66(4,5)6)20-30-62(54)71(61)47-23-27-51-49-25-17-41(33-57(49)69(13,14)59(51)39-47)42-18-26-50-52-28-24-48(40-60(52)70(15,16)58(50)34-42)72-63-31-21-45(67(7,8)9)37-55(63)56-38-46(68(10,11)12)22-32-64(56)72;1-3-11-35(12-4-1)41-23-29-51-49(33-41)47-27-21-37-15-7-9-17-45(37)53(47)55(51)43-25-19-40-32-44(26-20-39(40)31-43)56-52-30-24-42(36-13-5-2-6-14-36)34-50(52)48-28-22-38-16-8-10-18-46(38)54(48)56/h17-40H,1-16H3;1-34H. The summed E-state index contributed by atoms with van der Waals surface area (Å²) in [6.45, 7) is 37.5. The van der Waals surface area contributed by atoms with E-state index in [1.54, 1.807) is 0 Å². The lowest BCUT2D eigenvalue weighted by Gasteiger charge is -2.24. The highest BCUT2D eigenvalue weighted by molar-refractivity contribution is 6.21. The smallest absolute Gasteiger partial charge is 0.0619 e. The average molecular weight is 1650 g/mol. The van der Waals surface area contributed by atoms with Crippen LogP contribution in [-0.4, -0.2) is 18.3 Å². The number of rotatable bonds is 7. The largest absolute Gasteiger partial charge is 0.309 e. The van der Waals surface area contributed by atoms with Crippen molar-refractivity contribution in [3.8, 4) is 78.4 Å². The molecule has 24 rings (SSSR count). The molecule has 128 heavy (non-hydrogen) atoms. The molecule has 0 saturated heterocycles.